The van der Waals surface area contributed by atoms with E-state index in [4.69, 9.17) is 9.47 Å². The number of para-hydroxylation sites is 1. The van der Waals surface area contributed by atoms with Gasteiger partial charge in [-0.15, -0.1) is 0 Å². The molecule has 146 valence electrons. The Hall–Kier alpha value is -2.64. The molecule has 3 aromatic rings. The van der Waals surface area contributed by atoms with E-state index in [1.807, 2.05) is 48.3 Å². The average Bonchev–Trinajstić information content (AvgIpc) is 3.26. The number of carbonyl (C=O) groups is 1. The molecule has 1 unspecified atom stereocenters. The summed E-state index contributed by atoms with van der Waals surface area (Å²) < 4.78 is 15.4. The molecule has 5 rings (SSSR count). The first kappa shape index (κ1) is 17.5. The molecule has 0 N–H and O–H groups in total. The van der Waals surface area contributed by atoms with Gasteiger partial charge in [0.2, 0.25) is 0 Å². The number of likely N-dealkylation sites (N-methyl/N-ethyl adjacent to an activating group) is 1. The molecule has 3 atom stereocenters. The second-order valence-electron chi connectivity index (χ2n) is 7.81. The molecular formula is C21H24N4O3. The highest BCUT2D eigenvalue weighted by Crippen LogP contribution is 2.30. The minimum Gasteiger partial charge on any atom is -0.459 e. The standard InChI is InChI=1S/C21H24N4O3/c1-23-10-16(9-22-23)25-11-19(18-5-3-4-6-20(18)25)21(26)28-17-7-14-12-27-13-15(8-17)24(14)2/h3-6,9-11,14-15,17H,7-8,12-13H2,1-2H3/t14-,15+,17?. The van der Waals surface area contributed by atoms with E-state index in [0.29, 0.717) is 30.9 Å². The summed E-state index contributed by atoms with van der Waals surface area (Å²) in [5.74, 6) is -0.257. The van der Waals surface area contributed by atoms with Crippen LogP contribution in [0.15, 0.2) is 42.9 Å². The molecule has 2 aromatic heterocycles. The van der Waals surface area contributed by atoms with Crippen molar-refractivity contribution in [3.8, 4) is 5.69 Å². The molecule has 2 aliphatic heterocycles. The van der Waals surface area contributed by atoms with Crippen LogP contribution in [-0.4, -0.2) is 63.7 Å². The van der Waals surface area contributed by atoms with Gasteiger partial charge < -0.3 is 14.0 Å². The summed E-state index contributed by atoms with van der Waals surface area (Å²) in [6.45, 7) is 1.42. The van der Waals surface area contributed by atoms with Crippen LogP contribution in [0.5, 0.6) is 0 Å². The number of aromatic nitrogens is 3. The number of hydrogen-bond donors (Lipinski definition) is 0. The van der Waals surface area contributed by atoms with Crippen LogP contribution in [0.2, 0.25) is 0 Å². The van der Waals surface area contributed by atoms with Crippen molar-refractivity contribution in [1.29, 1.82) is 0 Å². The summed E-state index contributed by atoms with van der Waals surface area (Å²) >= 11 is 0. The minimum absolute atomic E-state index is 0.0666. The van der Waals surface area contributed by atoms with Gasteiger partial charge in [0.1, 0.15) is 6.10 Å². The van der Waals surface area contributed by atoms with Crippen LogP contribution in [0.25, 0.3) is 16.6 Å². The number of esters is 1. The van der Waals surface area contributed by atoms with Crippen LogP contribution in [0.3, 0.4) is 0 Å². The van der Waals surface area contributed by atoms with Gasteiger partial charge >= 0.3 is 5.97 Å². The number of nitrogens with zero attached hydrogens (tertiary/aromatic N) is 4. The topological polar surface area (TPSA) is 61.5 Å². The van der Waals surface area contributed by atoms with E-state index in [9.17, 15) is 4.79 Å². The van der Waals surface area contributed by atoms with Crippen molar-refractivity contribution in [1.82, 2.24) is 19.2 Å². The summed E-state index contributed by atoms with van der Waals surface area (Å²) in [7, 11) is 4.02. The van der Waals surface area contributed by atoms with Crippen LogP contribution >= 0.6 is 0 Å². The lowest BCUT2D eigenvalue weighted by Gasteiger charge is -2.46. The van der Waals surface area contributed by atoms with E-state index in [2.05, 4.69) is 17.0 Å². The van der Waals surface area contributed by atoms with Gasteiger partial charge in [0, 0.05) is 49.8 Å². The fourth-order valence-electron chi connectivity index (χ4n) is 4.44. The second kappa shape index (κ2) is 6.76. The van der Waals surface area contributed by atoms with Crippen molar-refractivity contribution in [2.45, 2.75) is 31.0 Å². The van der Waals surface area contributed by atoms with Gasteiger partial charge in [-0.25, -0.2) is 4.79 Å². The molecule has 0 amide bonds. The van der Waals surface area contributed by atoms with Crippen molar-refractivity contribution < 1.29 is 14.3 Å². The van der Waals surface area contributed by atoms with Crippen LogP contribution in [0, 0.1) is 0 Å². The van der Waals surface area contributed by atoms with Crippen molar-refractivity contribution in [3.05, 3.63) is 48.4 Å². The van der Waals surface area contributed by atoms with Crippen molar-refractivity contribution in [2.24, 2.45) is 7.05 Å². The second-order valence-corrected chi connectivity index (χ2v) is 7.81. The van der Waals surface area contributed by atoms with Crippen molar-refractivity contribution >= 4 is 16.9 Å². The lowest BCUT2D eigenvalue weighted by molar-refractivity contribution is -0.0970. The molecule has 2 fully saturated rings. The third-order valence-electron chi connectivity index (χ3n) is 6.02. The Labute approximate surface area is 163 Å². The van der Waals surface area contributed by atoms with E-state index < -0.39 is 0 Å². The molecule has 7 nitrogen and oxygen atoms in total. The number of carbonyl (C=O) groups excluding carboxylic acids is 1. The predicted molar refractivity (Wildman–Crippen MR) is 105 cm³/mol. The van der Waals surface area contributed by atoms with Crippen LogP contribution in [0.1, 0.15) is 23.2 Å². The highest BCUT2D eigenvalue weighted by atomic mass is 16.5. The fraction of sp³-hybridized carbons (Fsp3) is 0.429. The Balaban J connectivity index is 1.44. The summed E-state index contributed by atoms with van der Waals surface area (Å²) in [5, 5.41) is 5.15. The molecule has 2 aliphatic rings. The van der Waals surface area contributed by atoms with Gasteiger partial charge in [0.25, 0.3) is 0 Å². The van der Waals surface area contributed by atoms with E-state index in [1.165, 1.54) is 0 Å². The zero-order valence-electron chi connectivity index (χ0n) is 16.1. The number of aryl methyl sites for hydroxylation is 1. The first-order valence-corrected chi connectivity index (χ1v) is 9.70. The summed E-state index contributed by atoms with van der Waals surface area (Å²) in [6, 6.07) is 8.54. The van der Waals surface area contributed by atoms with E-state index in [1.54, 1.807) is 10.9 Å². The summed E-state index contributed by atoms with van der Waals surface area (Å²) in [6.07, 6.45) is 7.16. The molecule has 0 spiro atoms. The van der Waals surface area contributed by atoms with Gasteiger partial charge in [0.15, 0.2) is 0 Å². The zero-order valence-corrected chi connectivity index (χ0v) is 16.1. The Bertz CT molecular complexity index is 1010. The van der Waals surface area contributed by atoms with Crippen LogP contribution < -0.4 is 0 Å². The van der Waals surface area contributed by atoms with E-state index in [-0.39, 0.29) is 12.1 Å². The third-order valence-corrected chi connectivity index (χ3v) is 6.02. The van der Waals surface area contributed by atoms with Gasteiger partial charge in [0.05, 0.1) is 36.2 Å². The first-order valence-electron chi connectivity index (χ1n) is 9.70. The SMILES string of the molecule is CN1[C@@H]2COC[C@H]1CC(OC(=O)c1cn(-c3cnn(C)c3)c3ccccc13)C2. The zero-order chi connectivity index (χ0) is 19.3. The van der Waals surface area contributed by atoms with Gasteiger partial charge in [-0.3, -0.25) is 9.58 Å². The summed E-state index contributed by atoms with van der Waals surface area (Å²) in [4.78, 5) is 15.4. The highest BCUT2D eigenvalue weighted by molar-refractivity contribution is 6.05. The molecule has 2 saturated heterocycles. The number of morpholine rings is 1. The maximum atomic E-state index is 13.1. The molecule has 2 bridgehead atoms. The van der Waals surface area contributed by atoms with Crippen molar-refractivity contribution in [3.63, 3.8) is 0 Å². The fourth-order valence-corrected chi connectivity index (χ4v) is 4.44. The number of ether oxygens (including phenoxy) is 2. The quantitative estimate of drug-likeness (QED) is 0.653. The molecule has 28 heavy (non-hydrogen) atoms. The van der Waals surface area contributed by atoms with Crippen LogP contribution in [0.4, 0.5) is 0 Å². The molecule has 4 heterocycles. The minimum atomic E-state index is -0.257. The molecule has 0 aliphatic carbocycles. The monoisotopic (exact) mass is 380 g/mol. The van der Waals surface area contributed by atoms with E-state index >= 15 is 0 Å². The Kier molecular flexibility index (Phi) is 4.21. The van der Waals surface area contributed by atoms with E-state index in [0.717, 1.165) is 29.4 Å². The summed E-state index contributed by atoms with van der Waals surface area (Å²) in [5.41, 5.74) is 2.49. The number of benzene rings is 1. The number of rotatable bonds is 3. The maximum Gasteiger partial charge on any atom is 0.340 e. The smallest absolute Gasteiger partial charge is 0.340 e. The van der Waals surface area contributed by atoms with Crippen molar-refractivity contribution in [2.75, 3.05) is 20.3 Å². The molecule has 0 saturated carbocycles. The first-order chi connectivity index (χ1) is 13.6. The predicted octanol–water partition coefficient (Wildman–Crippen LogP) is 2.38. The average molecular weight is 380 g/mol. The number of piperidine rings is 1. The third kappa shape index (κ3) is 2.91. The lowest BCUT2D eigenvalue weighted by Crippen LogP contribution is -2.56. The molecule has 1 aromatic carbocycles. The Morgan fingerprint density at radius 1 is 1.14 bits per heavy atom. The molecule has 7 heteroatoms. The highest BCUT2D eigenvalue weighted by Gasteiger charge is 2.38. The maximum absolute atomic E-state index is 13.1. The molecule has 0 radical (unpaired) electrons. The van der Waals surface area contributed by atoms with Crippen LogP contribution in [-0.2, 0) is 16.5 Å². The number of hydrogen-bond acceptors (Lipinski definition) is 5. The largest absolute Gasteiger partial charge is 0.459 e. The van der Waals surface area contributed by atoms with Gasteiger partial charge in [-0.2, -0.15) is 5.10 Å². The Morgan fingerprint density at radius 2 is 1.89 bits per heavy atom. The molecular weight excluding hydrogens is 356 g/mol. The Morgan fingerprint density at radius 3 is 2.61 bits per heavy atom. The van der Waals surface area contributed by atoms with Gasteiger partial charge in [-0.05, 0) is 13.1 Å². The normalized spacial score (nSPS) is 25.1. The lowest BCUT2D eigenvalue weighted by atomic mass is 9.92. The number of fused-ring (bicyclic) bond motifs is 3. The van der Waals surface area contributed by atoms with Gasteiger partial charge in [-0.1, -0.05) is 18.2 Å².